The Morgan fingerprint density at radius 2 is 1.34 bits per heavy atom. The summed E-state index contributed by atoms with van der Waals surface area (Å²) in [6.45, 7) is 0. The molecule has 5 rings (SSSR count). The zero-order chi connectivity index (χ0) is 35.7. The van der Waals surface area contributed by atoms with E-state index in [1.807, 2.05) is 0 Å². The number of azo groups is 1. The van der Waals surface area contributed by atoms with Crippen LogP contribution in [-0.4, -0.2) is 65.0 Å². The number of nitro groups is 2. The SMILES string of the molecule is COc1cc(-[n+]2nc(-c3ccc(S(=O)(=O)[O-])cc3S(=O)(=O)[O-])nn2-c2ccc([N+](=O)[O-])cc2)c(OC)cc1N=Nc1ccc([N+](=O)[O-])cc1.[Na+]. The quantitative estimate of drug-likeness (QED) is 0.0440. The van der Waals surface area contributed by atoms with Gasteiger partial charge in [-0.05, 0) is 52.4 Å². The molecule has 1 aromatic heterocycles. The van der Waals surface area contributed by atoms with Crippen LogP contribution in [0.1, 0.15) is 0 Å². The first-order valence-corrected chi connectivity index (χ1v) is 16.1. The Kier molecular flexibility index (Phi) is 11.1. The van der Waals surface area contributed by atoms with Gasteiger partial charge in [-0.2, -0.15) is 5.11 Å². The molecule has 23 heteroatoms. The van der Waals surface area contributed by atoms with Crippen LogP contribution in [0.2, 0.25) is 0 Å². The van der Waals surface area contributed by atoms with Crippen LogP contribution in [0.15, 0.2) is 98.9 Å². The van der Waals surface area contributed by atoms with Crippen LogP contribution < -0.4 is 43.8 Å². The topological polar surface area (TPSA) is 278 Å². The monoisotopic (exact) mass is 734 g/mol. The van der Waals surface area contributed by atoms with Crippen LogP contribution in [0.3, 0.4) is 0 Å². The average Bonchev–Trinajstić information content (AvgIpc) is 3.51. The number of tetrazole rings is 1. The van der Waals surface area contributed by atoms with Crippen molar-refractivity contribution < 1.29 is 79.6 Å². The Morgan fingerprint density at radius 1 is 0.760 bits per heavy atom. The first-order chi connectivity index (χ1) is 23.1. The first-order valence-electron chi connectivity index (χ1n) is 13.2. The van der Waals surface area contributed by atoms with Crippen LogP contribution in [0, 0.1) is 20.2 Å². The van der Waals surface area contributed by atoms with E-state index in [0.717, 1.165) is 33.9 Å². The molecule has 0 aliphatic rings. The van der Waals surface area contributed by atoms with Gasteiger partial charge in [-0.25, -0.2) is 16.8 Å². The number of nitrogens with zero attached hydrogens (tertiary/aromatic N) is 8. The Morgan fingerprint density at radius 3 is 1.86 bits per heavy atom. The van der Waals surface area contributed by atoms with Gasteiger partial charge in [-0.1, -0.05) is 0 Å². The molecule has 1 heterocycles. The van der Waals surface area contributed by atoms with Gasteiger partial charge in [0.2, 0.25) is 5.69 Å². The van der Waals surface area contributed by atoms with Gasteiger partial charge in [0.05, 0.1) is 50.2 Å². The minimum absolute atomic E-state index is 0. The van der Waals surface area contributed by atoms with Gasteiger partial charge in [-0.3, -0.25) is 20.2 Å². The Hall–Kier alpha value is -5.23. The normalized spacial score (nSPS) is 11.6. The number of hydrogen-bond acceptors (Lipinski definition) is 16. The number of methoxy groups -OCH3 is 2. The van der Waals surface area contributed by atoms with E-state index >= 15 is 0 Å². The van der Waals surface area contributed by atoms with Crippen molar-refractivity contribution in [3.8, 4) is 34.3 Å². The van der Waals surface area contributed by atoms with Gasteiger partial charge >= 0.3 is 35.4 Å². The fourth-order valence-electron chi connectivity index (χ4n) is 4.32. The third-order valence-corrected chi connectivity index (χ3v) is 8.34. The number of hydrogen-bond donors (Lipinski definition) is 0. The van der Waals surface area contributed by atoms with E-state index in [1.165, 1.54) is 62.8 Å². The molecule has 20 nitrogen and oxygen atoms in total. The molecule has 0 saturated heterocycles. The minimum Gasteiger partial charge on any atom is -0.744 e. The maximum absolute atomic E-state index is 12.2. The fourth-order valence-corrected chi connectivity index (χ4v) is 5.60. The van der Waals surface area contributed by atoms with Crippen molar-refractivity contribution in [3.05, 3.63) is 99.1 Å². The van der Waals surface area contributed by atoms with Crippen LogP contribution in [0.5, 0.6) is 11.5 Å². The number of non-ortho nitro benzene ring substituents is 2. The number of rotatable bonds is 11. The van der Waals surface area contributed by atoms with E-state index < -0.39 is 51.3 Å². The molecule has 4 aromatic carbocycles. The van der Waals surface area contributed by atoms with Gasteiger partial charge in [-0.15, -0.1) is 5.11 Å². The molecule has 0 fully saturated rings. The molecule has 252 valence electrons. The largest absolute Gasteiger partial charge is 1.00 e. The fraction of sp³-hybridized carbons (Fsp3) is 0.0741. The molecule has 5 aromatic rings. The van der Waals surface area contributed by atoms with E-state index in [2.05, 4.69) is 20.4 Å². The molecule has 0 aliphatic heterocycles. The summed E-state index contributed by atoms with van der Waals surface area (Å²) in [5, 5.41) is 39.1. The molecular weight excluding hydrogens is 715 g/mol. The number of benzene rings is 4. The van der Waals surface area contributed by atoms with E-state index in [-0.39, 0.29) is 75.2 Å². The molecule has 0 spiro atoms. The first kappa shape index (κ1) is 37.6. The van der Waals surface area contributed by atoms with E-state index in [1.54, 1.807) is 0 Å². The maximum atomic E-state index is 12.2. The predicted octanol–water partition coefficient (Wildman–Crippen LogP) is 0.272. The summed E-state index contributed by atoms with van der Waals surface area (Å²) in [5.74, 6) is -0.317. The molecule has 0 bridgehead atoms. The van der Waals surface area contributed by atoms with Gasteiger partial charge in [0.25, 0.3) is 11.4 Å². The molecule has 0 atom stereocenters. The summed E-state index contributed by atoms with van der Waals surface area (Å²) in [4.78, 5) is 21.0. The molecule has 0 saturated carbocycles. The van der Waals surface area contributed by atoms with Crippen molar-refractivity contribution in [2.24, 2.45) is 10.2 Å². The number of ether oxygens (including phenoxy) is 2. The van der Waals surface area contributed by atoms with Crippen LogP contribution >= 0.6 is 0 Å². The zero-order valence-corrected chi connectivity index (χ0v) is 29.4. The van der Waals surface area contributed by atoms with Crippen molar-refractivity contribution in [1.82, 2.24) is 15.0 Å². The molecule has 50 heavy (non-hydrogen) atoms. The van der Waals surface area contributed by atoms with Crippen LogP contribution in [0.25, 0.3) is 22.8 Å². The Labute approximate surface area is 303 Å². The molecule has 0 amide bonds. The van der Waals surface area contributed by atoms with Crippen molar-refractivity contribution in [1.29, 1.82) is 0 Å². The zero-order valence-electron chi connectivity index (χ0n) is 25.8. The standard InChI is InChI=1S/C27H20N8O12S2.Na/c1-46-24-15-23(25(47-2)14-22(24)29-28-16-3-5-18(6-4-16)34(36)37)33-31-27(30-32(33)17-7-9-19(10-8-17)35(38)39)21-12-11-20(48(40,41)42)13-26(21)49(43,44)45;/h3-15H,1-2H3,(H-,40,41,42,43,44,45);/q;+1/p-1. The summed E-state index contributed by atoms with van der Waals surface area (Å²) >= 11 is 0. The maximum Gasteiger partial charge on any atom is 1.00 e. The molecule has 0 radical (unpaired) electrons. The minimum atomic E-state index is -5.41. The van der Waals surface area contributed by atoms with Gasteiger partial charge < -0.3 is 18.6 Å². The average molecular weight is 735 g/mol. The Balaban J connectivity index is 0.00000562. The van der Waals surface area contributed by atoms with Crippen molar-refractivity contribution in [2.45, 2.75) is 9.79 Å². The second-order valence-electron chi connectivity index (χ2n) is 9.61. The second-order valence-corrected chi connectivity index (χ2v) is 12.3. The van der Waals surface area contributed by atoms with Gasteiger partial charge in [0, 0.05) is 41.2 Å². The van der Waals surface area contributed by atoms with Gasteiger partial charge in [0.15, 0.2) is 11.5 Å². The second kappa shape index (κ2) is 14.7. The molecular formula is C27H19N8NaO12S2. The molecule has 0 N–H and O–H groups in total. The number of nitro benzene ring substituents is 2. The van der Waals surface area contributed by atoms with Crippen molar-refractivity contribution in [2.75, 3.05) is 14.2 Å². The van der Waals surface area contributed by atoms with Crippen molar-refractivity contribution >= 4 is 43.0 Å². The summed E-state index contributed by atoms with van der Waals surface area (Å²) in [6, 6.07) is 14.9. The number of aromatic nitrogens is 4. The smallest absolute Gasteiger partial charge is 0.744 e. The summed E-state index contributed by atoms with van der Waals surface area (Å²) in [5.41, 5.74) is -0.301. The third kappa shape index (κ3) is 7.97. The van der Waals surface area contributed by atoms with Crippen LogP contribution in [-0.2, 0) is 20.2 Å². The predicted molar refractivity (Wildman–Crippen MR) is 161 cm³/mol. The van der Waals surface area contributed by atoms with E-state index in [9.17, 15) is 46.2 Å². The summed E-state index contributed by atoms with van der Waals surface area (Å²) in [6.07, 6.45) is 0. The van der Waals surface area contributed by atoms with Crippen LogP contribution in [0.4, 0.5) is 22.7 Å². The third-order valence-electron chi connectivity index (χ3n) is 6.63. The summed E-state index contributed by atoms with van der Waals surface area (Å²) in [7, 11) is -7.97. The van der Waals surface area contributed by atoms with E-state index in [4.69, 9.17) is 9.47 Å². The molecule has 0 aliphatic carbocycles. The molecule has 0 unspecified atom stereocenters. The Bertz CT molecular complexity index is 2370. The van der Waals surface area contributed by atoms with E-state index in [0.29, 0.717) is 6.07 Å². The summed E-state index contributed by atoms with van der Waals surface area (Å²) < 4.78 is 82.4. The van der Waals surface area contributed by atoms with Gasteiger partial charge in [0.1, 0.15) is 31.6 Å². The van der Waals surface area contributed by atoms with Crippen molar-refractivity contribution in [3.63, 3.8) is 0 Å².